The Balaban J connectivity index is 2.34. The molecule has 0 heterocycles. The minimum atomic E-state index is 0.524. The molecule has 1 saturated carbocycles. The maximum atomic E-state index is 5.51. The quantitative estimate of drug-likeness (QED) is 0.455. The monoisotopic (exact) mass is 154 g/mol. The molecule has 0 radical (unpaired) electrons. The molecule has 11 heavy (non-hydrogen) atoms. The van der Waals surface area contributed by atoms with Crippen molar-refractivity contribution in [3.63, 3.8) is 0 Å². The van der Waals surface area contributed by atoms with E-state index < -0.39 is 0 Å². The van der Waals surface area contributed by atoms with Gasteiger partial charge < -0.3 is 5.73 Å². The zero-order valence-electron chi connectivity index (χ0n) is 7.51. The van der Waals surface area contributed by atoms with Crippen molar-refractivity contribution in [2.45, 2.75) is 45.6 Å². The van der Waals surface area contributed by atoms with Crippen LogP contribution in [0.15, 0.2) is 4.99 Å². The predicted molar refractivity (Wildman–Crippen MR) is 48.7 cm³/mol. The predicted octanol–water partition coefficient (Wildman–Crippen LogP) is 1.94. The van der Waals surface area contributed by atoms with Crippen LogP contribution in [-0.4, -0.2) is 11.9 Å². The summed E-state index contributed by atoms with van der Waals surface area (Å²) in [5.74, 6) is 1.64. The van der Waals surface area contributed by atoms with Crippen LogP contribution < -0.4 is 5.73 Å². The molecule has 1 rings (SSSR count). The number of hydrogen-bond acceptors (Lipinski definition) is 1. The van der Waals surface area contributed by atoms with Gasteiger partial charge in [0.1, 0.15) is 0 Å². The summed E-state index contributed by atoms with van der Waals surface area (Å²) in [4.78, 5) is 4.37. The maximum absolute atomic E-state index is 5.51. The summed E-state index contributed by atoms with van der Waals surface area (Å²) in [5.41, 5.74) is 5.51. The van der Waals surface area contributed by atoms with E-state index in [2.05, 4.69) is 11.9 Å². The van der Waals surface area contributed by atoms with Gasteiger partial charge in [-0.3, -0.25) is 4.99 Å². The Kier molecular flexibility index (Phi) is 2.92. The van der Waals surface area contributed by atoms with Crippen LogP contribution in [0.2, 0.25) is 0 Å². The lowest BCUT2D eigenvalue weighted by atomic mass is 9.88. The number of hydrogen-bond donors (Lipinski definition) is 1. The molecule has 2 heteroatoms. The zero-order chi connectivity index (χ0) is 8.27. The molecular weight excluding hydrogens is 136 g/mol. The van der Waals surface area contributed by atoms with Crippen molar-refractivity contribution < 1.29 is 0 Å². The van der Waals surface area contributed by atoms with Crippen molar-refractivity contribution in [2.75, 3.05) is 0 Å². The molecule has 0 spiro atoms. The van der Waals surface area contributed by atoms with E-state index in [-0.39, 0.29) is 0 Å². The highest BCUT2D eigenvalue weighted by Gasteiger charge is 2.16. The first-order valence-electron chi connectivity index (χ1n) is 4.48. The van der Waals surface area contributed by atoms with Gasteiger partial charge in [0.05, 0.1) is 11.9 Å². The third-order valence-corrected chi connectivity index (χ3v) is 2.37. The second kappa shape index (κ2) is 3.74. The van der Waals surface area contributed by atoms with E-state index in [1.54, 1.807) is 0 Å². The van der Waals surface area contributed by atoms with Crippen molar-refractivity contribution in [1.29, 1.82) is 0 Å². The highest BCUT2D eigenvalue weighted by Crippen LogP contribution is 2.25. The van der Waals surface area contributed by atoms with Gasteiger partial charge in [0, 0.05) is 0 Å². The first-order chi connectivity index (χ1) is 5.18. The van der Waals surface area contributed by atoms with Crippen molar-refractivity contribution in [2.24, 2.45) is 16.6 Å². The molecule has 0 aromatic rings. The second-order valence-electron chi connectivity index (χ2n) is 3.68. The van der Waals surface area contributed by atoms with Crippen LogP contribution in [0.3, 0.4) is 0 Å². The van der Waals surface area contributed by atoms with E-state index in [9.17, 15) is 0 Å². The molecule has 64 valence electrons. The van der Waals surface area contributed by atoms with Gasteiger partial charge in [-0.1, -0.05) is 6.92 Å². The molecule has 0 aromatic heterocycles. The van der Waals surface area contributed by atoms with Gasteiger partial charge in [-0.25, -0.2) is 0 Å². The average molecular weight is 154 g/mol. The number of aliphatic imine (C=N–C) groups is 1. The Bertz CT molecular complexity index is 140. The lowest BCUT2D eigenvalue weighted by Gasteiger charge is -2.23. The summed E-state index contributed by atoms with van der Waals surface area (Å²) in [7, 11) is 0. The Morgan fingerprint density at radius 3 is 2.27 bits per heavy atom. The SMILES string of the molecule is CC(N)=NC1CCC(C)CC1. The van der Waals surface area contributed by atoms with Crippen molar-refractivity contribution in [3.05, 3.63) is 0 Å². The third kappa shape index (κ3) is 2.91. The van der Waals surface area contributed by atoms with Gasteiger partial charge in [0.2, 0.25) is 0 Å². The Morgan fingerprint density at radius 1 is 1.27 bits per heavy atom. The fraction of sp³-hybridized carbons (Fsp3) is 0.889. The first-order valence-corrected chi connectivity index (χ1v) is 4.48. The molecular formula is C9H18N2. The molecule has 0 aliphatic heterocycles. The van der Waals surface area contributed by atoms with Gasteiger partial charge in [-0.15, -0.1) is 0 Å². The van der Waals surface area contributed by atoms with Crippen molar-refractivity contribution in [3.8, 4) is 0 Å². The minimum Gasteiger partial charge on any atom is -0.388 e. The number of amidine groups is 1. The molecule has 2 nitrogen and oxygen atoms in total. The molecule has 1 aliphatic rings. The fourth-order valence-electron chi connectivity index (χ4n) is 1.66. The van der Waals surface area contributed by atoms with E-state index in [1.165, 1.54) is 25.7 Å². The van der Waals surface area contributed by atoms with Crippen LogP contribution in [-0.2, 0) is 0 Å². The molecule has 0 aromatic carbocycles. The normalized spacial score (nSPS) is 33.8. The van der Waals surface area contributed by atoms with Crippen LogP contribution in [0.1, 0.15) is 39.5 Å². The van der Waals surface area contributed by atoms with Gasteiger partial charge >= 0.3 is 0 Å². The Labute approximate surface area is 68.9 Å². The van der Waals surface area contributed by atoms with Gasteiger partial charge in [-0.05, 0) is 38.5 Å². The lowest BCUT2D eigenvalue weighted by molar-refractivity contribution is 0.349. The summed E-state index contributed by atoms with van der Waals surface area (Å²) in [6.07, 6.45) is 5.11. The molecule has 0 saturated heterocycles. The topological polar surface area (TPSA) is 38.4 Å². The summed E-state index contributed by atoms with van der Waals surface area (Å²) in [6.45, 7) is 4.19. The maximum Gasteiger partial charge on any atom is 0.0909 e. The van der Waals surface area contributed by atoms with Crippen LogP contribution in [0.25, 0.3) is 0 Å². The summed E-state index contributed by atoms with van der Waals surface area (Å²) < 4.78 is 0. The van der Waals surface area contributed by atoms with Crippen LogP contribution in [0.4, 0.5) is 0 Å². The third-order valence-electron chi connectivity index (χ3n) is 2.37. The van der Waals surface area contributed by atoms with E-state index in [1.807, 2.05) is 6.92 Å². The molecule has 1 aliphatic carbocycles. The summed E-state index contributed by atoms with van der Waals surface area (Å²) in [5, 5.41) is 0. The van der Waals surface area contributed by atoms with E-state index in [0.29, 0.717) is 6.04 Å². The van der Waals surface area contributed by atoms with Crippen molar-refractivity contribution >= 4 is 5.84 Å². The summed E-state index contributed by atoms with van der Waals surface area (Å²) >= 11 is 0. The van der Waals surface area contributed by atoms with Crippen LogP contribution in [0.5, 0.6) is 0 Å². The minimum absolute atomic E-state index is 0.524. The second-order valence-corrected chi connectivity index (χ2v) is 3.68. The zero-order valence-corrected chi connectivity index (χ0v) is 7.51. The lowest BCUT2D eigenvalue weighted by Crippen LogP contribution is -2.18. The molecule has 0 atom stereocenters. The number of rotatable bonds is 1. The van der Waals surface area contributed by atoms with Crippen LogP contribution >= 0.6 is 0 Å². The smallest absolute Gasteiger partial charge is 0.0909 e. The van der Waals surface area contributed by atoms with E-state index in [0.717, 1.165) is 11.8 Å². The van der Waals surface area contributed by atoms with Gasteiger partial charge in [-0.2, -0.15) is 0 Å². The highest BCUT2D eigenvalue weighted by molar-refractivity contribution is 5.77. The van der Waals surface area contributed by atoms with E-state index in [4.69, 9.17) is 5.73 Å². The first kappa shape index (κ1) is 8.57. The number of nitrogens with two attached hydrogens (primary N) is 1. The van der Waals surface area contributed by atoms with E-state index >= 15 is 0 Å². The Morgan fingerprint density at radius 2 is 1.82 bits per heavy atom. The molecule has 1 fully saturated rings. The van der Waals surface area contributed by atoms with Gasteiger partial charge in [0.25, 0.3) is 0 Å². The molecule has 0 amide bonds. The summed E-state index contributed by atoms with van der Waals surface area (Å²) in [6, 6.07) is 0.524. The molecule has 0 bridgehead atoms. The van der Waals surface area contributed by atoms with Gasteiger partial charge in [0.15, 0.2) is 0 Å². The standard InChI is InChI=1S/C9H18N2/c1-7-3-5-9(6-4-7)11-8(2)10/h7,9H,3-6H2,1-2H3,(H2,10,11). The molecule has 0 unspecified atom stereocenters. The molecule has 2 N–H and O–H groups in total. The number of nitrogens with zero attached hydrogens (tertiary/aromatic N) is 1. The fourth-order valence-corrected chi connectivity index (χ4v) is 1.66. The highest BCUT2D eigenvalue weighted by atomic mass is 14.9. The van der Waals surface area contributed by atoms with Crippen molar-refractivity contribution in [1.82, 2.24) is 0 Å². The Hall–Kier alpha value is -0.530. The van der Waals surface area contributed by atoms with Crippen LogP contribution in [0, 0.1) is 5.92 Å². The average Bonchev–Trinajstić information content (AvgIpc) is 1.93. The largest absolute Gasteiger partial charge is 0.388 e.